The summed E-state index contributed by atoms with van der Waals surface area (Å²) in [6.07, 6.45) is 1.85. The fraction of sp³-hybridized carbons (Fsp3) is 0.333. The Morgan fingerprint density at radius 3 is 2.17 bits per heavy atom. The van der Waals surface area contributed by atoms with Crippen LogP contribution in [-0.4, -0.2) is 57.6 Å². The van der Waals surface area contributed by atoms with Crippen LogP contribution in [0.3, 0.4) is 0 Å². The number of hydrogen-bond acceptors (Lipinski definition) is 5. The second-order valence-corrected chi connectivity index (χ2v) is 12.2. The summed E-state index contributed by atoms with van der Waals surface area (Å²) in [5.74, 6) is 0.159. The molecule has 1 atom stereocenters. The smallest absolute Gasteiger partial charge is 0.242 e. The van der Waals surface area contributed by atoms with Crippen molar-refractivity contribution in [2.24, 2.45) is 0 Å². The number of anilines is 1. The molecule has 0 fully saturated rings. The Bertz CT molecular complexity index is 1350. The molecule has 0 saturated heterocycles. The van der Waals surface area contributed by atoms with Gasteiger partial charge in [0.15, 0.2) is 0 Å². The number of sulfonamides is 1. The largest absolute Gasteiger partial charge is 0.494 e. The predicted molar refractivity (Wildman–Crippen MR) is 162 cm³/mol. The van der Waals surface area contributed by atoms with Crippen LogP contribution in [0, 0.1) is 0 Å². The lowest BCUT2D eigenvalue weighted by Crippen LogP contribution is -2.49. The van der Waals surface area contributed by atoms with Crippen molar-refractivity contribution in [1.82, 2.24) is 10.2 Å². The first-order valence-electron chi connectivity index (χ1n) is 13.1. The molecule has 3 rings (SSSR count). The van der Waals surface area contributed by atoms with Gasteiger partial charge in [-0.05, 0) is 60.9 Å². The first-order valence-corrected chi connectivity index (χ1v) is 15.8. The number of benzene rings is 3. The van der Waals surface area contributed by atoms with Gasteiger partial charge in [-0.1, -0.05) is 58.4 Å². The molecular formula is C30H36BrN3O5S. The molecule has 214 valence electrons. The Morgan fingerprint density at radius 2 is 1.60 bits per heavy atom. The van der Waals surface area contributed by atoms with E-state index >= 15 is 0 Å². The van der Waals surface area contributed by atoms with Crippen molar-refractivity contribution >= 4 is 43.5 Å². The Kier molecular flexibility index (Phi) is 11.6. The Hall–Kier alpha value is -3.37. The van der Waals surface area contributed by atoms with Gasteiger partial charge in [0.25, 0.3) is 0 Å². The normalized spacial score (nSPS) is 11.9. The van der Waals surface area contributed by atoms with E-state index in [-0.39, 0.29) is 37.7 Å². The van der Waals surface area contributed by atoms with E-state index in [0.29, 0.717) is 24.5 Å². The quantitative estimate of drug-likeness (QED) is 0.277. The summed E-state index contributed by atoms with van der Waals surface area (Å²) in [7, 11) is -2.03. The molecule has 1 N–H and O–H groups in total. The number of halogens is 1. The van der Waals surface area contributed by atoms with Gasteiger partial charge in [0, 0.05) is 37.5 Å². The van der Waals surface area contributed by atoms with Crippen LogP contribution in [-0.2, 0) is 32.6 Å². The maximum Gasteiger partial charge on any atom is 0.242 e. The summed E-state index contributed by atoms with van der Waals surface area (Å²) in [6, 6.07) is 23.3. The SMILES string of the molecule is CCOc1ccc(N(CCCC(=O)N(Cc2ccc(Br)cc2)[C@@H](Cc2ccccc2)C(=O)NC)S(C)(=O)=O)cc1. The highest BCUT2D eigenvalue weighted by Gasteiger charge is 2.30. The van der Waals surface area contributed by atoms with Crippen LogP contribution >= 0.6 is 15.9 Å². The molecule has 0 bridgehead atoms. The molecule has 0 radical (unpaired) electrons. The molecule has 0 heterocycles. The molecule has 10 heteroatoms. The molecule has 0 aliphatic rings. The molecule has 2 amide bonds. The van der Waals surface area contributed by atoms with Crippen molar-refractivity contribution in [3.63, 3.8) is 0 Å². The average molecular weight is 631 g/mol. The fourth-order valence-corrected chi connectivity index (χ4v) is 5.62. The van der Waals surface area contributed by atoms with Gasteiger partial charge in [-0.3, -0.25) is 13.9 Å². The number of rotatable bonds is 14. The van der Waals surface area contributed by atoms with E-state index in [2.05, 4.69) is 21.2 Å². The monoisotopic (exact) mass is 629 g/mol. The van der Waals surface area contributed by atoms with E-state index in [4.69, 9.17) is 4.74 Å². The second kappa shape index (κ2) is 14.9. The minimum Gasteiger partial charge on any atom is -0.494 e. The Morgan fingerprint density at radius 1 is 0.950 bits per heavy atom. The van der Waals surface area contributed by atoms with Gasteiger partial charge in [-0.2, -0.15) is 0 Å². The van der Waals surface area contributed by atoms with Gasteiger partial charge in [-0.15, -0.1) is 0 Å². The molecule has 3 aromatic rings. The van der Waals surface area contributed by atoms with E-state index < -0.39 is 16.1 Å². The summed E-state index contributed by atoms with van der Waals surface area (Å²) in [5, 5.41) is 2.71. The van der Waals surface area contributed by atoms with Crippen LogP contribution in [0.25, 0.3) is 0 Å². The molecule has 0 aliphatic heterocycles. The number of nitrogens with one attached hydrogen (secondary N) is 1. The molecule has 8 nitrogen and oxygen atoms in total. The Labute approximate surface area is 245 Å². The van der Waals surface area contributed by atoms with Crippen LogP contribution in [0.4, 0.5) is 5.69 Å². The second-order valence-electron chi connectivity index (χ2n) is 9.33. The average Bonchev–Trinajstić information content (AvgIpc) is 2.94. The van der Waals surface area contributed by atoms with Crippen molar-refractivity contribution < 1.29 is 22.7 Å². The highest BCUT2D eigenvalue weighted by molar-refractivity contribution is 9.10. The van der Waals surface area contributed by atoms with Crippen molar-refractivity contribution in [2.45, 2.75) is 38.8 Å². The van der Waals surface area contributed by atoms with E-state index in [1.807, 2.05) is 61.5 Å². The predicted octanol–water partition coefficient (Wildman–Crippen LogP) is 4.78. The molecule has 0 unspecified atom stereocenters. The number of carbonyl (C=O) groups is 2. The van der Waals surface area contributed by atoms with Gasteiger partial charge < -0.3 is 15.0 Å². The summed E-state index contributed by atoms with van der Waals surface area (Å²) >= 11 is 3.44. The first-order chi connectivity index (χ1) is 19.1. The van der Waals surface area contributed by atoms with Gasteiger partial charge in [0.1, 0.15) is 11.8 Å². The van der Waals surface area contributed by atoms with Crippen LogP contribution < -0.4 is 14.4 Å². The third-order valence-corrected chi connectivity index (χ3v) is 8.09. The van der Waals surface area contributed by atoms with E-state index in [1.165, 1.54) is 4.31 Å². The van der Waals surface area contributed by atoms with Crippen LogP contribution in [0.5, 0.6) is 5.75 Å². The van der Waals surface area contributed by atoms with E-state index in [1.54, 1.807) is 36.2 Å². The number of amides is 2. The van der Waals surface area contributed by atoms with Crippen molar-refractivity contribution in [3.8, 4) is 5.75 Å². The highest BCUT2D eigenvalue weighted by Crippen LogP contribution is 2.23. The third-order valence-electron chi connectivity index (χ3n) is 6.37. The summed E-state index contributed by atoms with van der Waals surface area (Å²) in [5.41, 5.74) is 2.31. The molecule has 3 aromatic carbocycles. The molecule has 0 spiro atoms. The number of hydrogen-bond donors (Lipinski definition) is 1. The third kappa shape index (κ3) is 9.09. The van der Waals surface area contributed by atoms with Crippen LogP contribution in [0.1, 0.15) is 30.9 Å². The fourth-order valence-electron chi connectivity index (χ4n) is 4.39. The molecular weight excluding hydrogens is 594 g/mol. The molecule has 40 heavy (non-hydrogen) atoms. The Balaban J connectivity index is 1.81. The van der Waals surface area contributed by atoms with Gasteiger partial charge in [-0.25, -0.2) is 8.42 Å². The number of nitrogens with zero attached hydrogens (tertiary/aromatic N) is 2. The molecule has 0 saturated carbocycles. The minimum absolute atomic E-state index is 0.0713. The first kappa shape index (κ1) is 31.2. The number of carbonyl (C=O) groups excluding carboxylic acids is 2. The lowest BCUT2D eigenvalue weighted by Gasteiger charge is -2.31. The minimum atomic E-state index is -3.59. The number of ether oxygens (including phenoxy) is 1. The zero-order valence-electron chi connectivity index (χ0n) is 23.0. The maximum atomic E-state index is 13.7. The molecule has 0 aromatic heterocycles. The maximum absolute atomic E-state index is 13.7. The number of likely N-dealkylation sites (N-methyl/N-ethyl adjacent to an activating group) is 1. The van der Waals surface area contributed by atoms with Gasteiger partial charge >= 0.3 is 0 Å². The highest BCUT2D eigenvalue weighted by atomic mass is 79.9. The van der Waals surface area contributed by atoms with E-state index in [9.17, 15) is 18.0 Å². The van der Waals surface area contributed by atoms with Gasteiger partial charge in [0.05, 0.1) is 18.6 Å². The van der Waals surface area contributed by atoms with Gasteiger partial charge in [0.2, 0.25) is 21.8 Å². The molecule has 0 aliphatic carbocycles. The topological polar surface area (TPSA) is 96.0 Å². The van der Waals surface area contributed by atoms with Crippen LogP contribution in [0.15, 0.2) is 83.3 Å². The van der Waals surface area contributed by atoms with Crippen molar-refractivity contribution in [2.75, 3.05) is 30.8 Å². The van der Waals surface area contributed by atoms with Crippen molar-refractivity contribution in [1.29, 1.82) is 0 Å². The standard InChI is InChI=1S/C30H36BrN3O5S/c1-4-39-27-18-16-26(17-19-27)34(40(3,37)38)20-8-11-29(35)33(22-24-12-14-25(31)15-13-24)28(30(36)32-2)21-23-9-6-5-7-10-23/h5-7,9-10,12-19,28H,4,8,11,20-22H2,1-3H3,(H,32,36)/t28-/m0/s1. The summed E-state index contributed by atoms with van der Waals surface area (Å²) in [4.78, 5) is 28.4. The van der Waals surface area contributed by atoms with Crippen LogP contribution in [0.2, 0.25) is 0 Å². The lowest BCUT2D eigenvalue weighted by molar-refractivity contribution is -0.141. The zero-order valence-corrected chi connectivity index (χ0v) is 25.4. The summed E-state index contributed by atoms with van der Waals surface area (Å²) in [6.45, 7) is 2.75. The van der Waals surface area contributed by atoms with E-state index in [0.717, 1.165) is 21.9 Å². The van der Waals surface area contributed by atoms with Crippen molar-refractivity contribution in [3.05, 3.63) is 94.5 Å². The zero-order chi connectivity index (χ0) is 29.1. The lowest BCUT2D eigenvalue weighted by atomic mass is 10.0. The summed E-state index contributed by atoms with van der Waals surface area (Å²) < 4.78 is 32.9.